The lowest BCUT2D eigenvalue weighted by atomic mass is 9.85. The van der Waals surface area contributed by atoms with E-state index in [1.165, 1.54) is 26.8 Å². The molecule has 2 aliphatic rings. The van der Waals surface area contributed by atoms with Gasteiger partial charge in [0.25, 0.3) is 5.91 Å². The Balaban J connectivity index is 1.36. The first kappa shape index (κ1) is 25.2. The van der Waals surface area contributed by atoms with Crippen molar-refractivity contribution in [3.63, 3.8) is 0 Å². The molecule has 1 spiro atoms. The van der Waals surface area contributed by atoms with E-state index in [4.69, 9.17) is 9.47 Å². The average Bonchev–Trinajstić information content (AvgIpc) is 3.11. The predicted octanol–water partition coefficient (Wildman–Crippen LogP) is 4.60. The number of ether oxygens (including phenoxy) is 2. The van der Waals surface area contributed by atoms with E-state index in [1.807, 2.05) is 24.3 Å². The molecule has 2 heterocycles. The van der Waals surface area contributed by atoms with Crippen molar-refractivity contribution < 1.29 is 19.1 Å². The van der Waals surface area contributed by atoms with Gasteiger partial charge < -0.3 is 14.4 Å². The van der Waals surface area contributed by atoms with Gasteiger partial charge in [0.2, 0.25) is 0 Å². The highest BCUT2D eigenvalue weighted by Crippen LogP contribution is 2.39. The fraction of sp³-hybridized carbons (Fsp3) is 0.400. The van der Waals surface area contributed by atoms with Crippen LogP contribution >= 0.6 is 0 Å². The number of urea groups is 1. The second-order valence-corrected chi connectivity index (χ2v) is 10.1. The number of amides is 3. The van der Waals surface area contributed by atoms with Crippen LogP contribution in [-0.2, 0) is 22.6 Å². The smallest absolute Gasteiger partial charge is 0.328 e. The van der Waals surface area contributed by atoms with Gasteiger partial charge >= 0.3 is 6.03 Å². The Morgan fingerprint density at radius 3 is 2.46 bits per heavy atom. The molecule has 3 amide bonds. The fourth-order valence-electron chi connectivity index (χ4n) is 5.81. The lowest BCUT2D eigenvalue weighted by Crippen LogP contribution is -2.57. The Hall–Kier alpha value is -3.42. The van der Waals surface area contributed by atoms with Crippen molar-refractivity contribution >= 4 is 22.7 Å². The molecule has 0 saturated carbocycles. The maximum absolute atomic E-state index is 13.9. The number of rotatable bonds is 8. The molecule has 0 radical (unpaired) electrons. The molecule has 0 N–H and O–H groups in total. The van der Waals surface area contributed by atoms with E-state index < -0.39 is 5.54 Å². The number of hydrogen-bond donors (Lipinski definition) is 0. The second kappa shape index (κ2) is 10.5. The van der Waals surface area contributed by atoms with Crippen LogP contribution < -0.4 is 4.74 Å². The van der Waals surface area contributed by atoms with Gasteiger partial charge in [0.1, 0.15) is 11.3 Å². The highest BCUT2D eigenvalue weighted by atomic mass is 16.5. The molecule has 0 unspecified atom stereocenters. The predicted molar refractivity (Wildman–Crippen MR) is 143 cm³/mol. The molecule has 0 aromatic heterocycles. The SMILES string of the molecule is COCCN1C(=O)N(Cc2cccc(OC)c2)C(=O)C12CCN(Cc1c(C)ccc3ccccc13)CC2. The van der Waals surface area contributed by atoms with Crippen molar-refractivity contribution in [2.45, 2.75) is 38.4 Å². The topological polar surface area (TPSA) is 62.3 Å². The van der Waals surface area contributed by atoms with Gasteiger partial charge in [-0.05, 0) is 59.4 Å². The Morgan fingerprint density at radius 2 is 1.70 bits per heavy atom. The number of carbonyl (C=O) groups is 2. The van der Waals surface area contributed by atoms with Gasteiger partial charge in [-0.3, -0.25) is 14.6 Å². The number of methoxy groups -OCH3 is 2. The van der Waals surface area contributed by atoms with Gasteiger partial charge in [-0.15, -0.1) is 0 Å². The Morgan fingerprint density at radius 1 is 0.919 bits per heavy atom. The Labute approximate surface area is 218 Å². The first-order valence-corrected chi connectivity index (χ1v) is 12.9. The molecule has 0 atom stereocenters. The van der Waals surface area contributed by atoms with Crippen LogP contribution in [0.25, 0.3) is 10.8 Å². The molecular weight excluding hydrogens is 466 g/mol. The minimum Gasteiger partial charge on any atom is -0.497 e. The first-order chi connectivity index (χ1) is 18.0. The number of fused-ring (bicyclic) bond motifs is 1. The van der Waals surface area contributed by atoms with Gasteiger partial charge in [0, 0.05) is 33.3 Å². The number of hydrogen-bond acceptors (Lipinski definition) is 5. The van der Waals surface area contributed by atoms with Crippen molar-refractivity contribution in [3.8, 4) is 5.75 Å². The van der Waals surface area contributed by atoms with Crippen LogP contribution in [0.4, 0.5) is 4.79 Å². The second-order valence-electron chi connectivity index (χ2n) is 10.1. The average molecular weight is 502 g/mol. The molecule has 3 aromatic rings. The van der Waals surface area contributed by atoms with E-state index in [0.717, 1.165) is 25.2 Å². The third-order valence-corrected chi connectivity index (χ3v) is 7.96. The maximum Gasteiger partial charge on any atom is 0.328 e. The van der Waals surface area contributed by atoms with E-state index >= 15 is 0 Å². The number of aryl methyl sites for hydroxylation is 1. The van der Waals surface area contributed by atoms with E-state index in [9.17, 15) is 9.59 Å². The summed E-state index contributed by atoms with van der Waals surface area (Å²) in [4.78, 5) is 33.0. The van der Waals surface area contributed by atoms with E-state index in [0.29, 0.717) is 31.7 Å². The monoisotopic (exact) mass is 501 g/mol. The third-order valence-electron chi connectivity index (χ3n) is 7.96. The zero-order valence-electron chi connectivity index (χ0n) is 21.9. The van der Waals surface area contributed by atoms with Gasteiger partial charge in [0.15, 0.2) is 0 Å². The van der Waals surface area contributed by atoms with Crippen molar-refractivity contribution in [1.82, 2.24) is 14.7 Å². The van der Waals surface area contributed by atoms with Crippen molar-refractivity contribution in [2.24, 2.45) is 0 Å². The van der Waals surface area contributed by atoms with Crippen LogP contribution in [0.3, 0.4) is 0 Å². The standard InChI is InChI=1S/C30H35N3O4/c1-22-11-12-24-8-4-5-10-26(24)27(22)21-31-15-13-30(14-16-31)28(34)32(29(35)33(30)17-18-36-2)20-23-7-6-9-25(19-23)37-3/h4-12,19H,13-18,20-21H2,1-3H3. The highest BCUT2D eigenvalue weighted by molar-refractivity contribution is 6.07. The van der Waals surface area contributed by atoms with Crippen molar-refractivity contribution in [1.29, 1.82) is 0 Å². The summed E-state index contributed by atoms with van der Waals surface area (Å²) in [6.07, 6.45) is 1.22. The zero-order valence-corrected chi connectivity index (χ0v) is 21.9. The van der Waals surface area contributed by atoms with Gasteiger partial charge in [-0.1, -0.05) is 48.5 Å². The Bertz CT molecular complexity index is 1300. The number of piperidine rings is 1. The Kier molecular flexibility index (Phi) is 7.17. The molecule has 2 saturated heterocycles. The number of imide groups is 1. The summed E-state index contributed by atoms with van der Waals surface area (Å²) in [5.74, 6) is 0.608. The minimum absolute atomic E-state index is 0.0996. The molecule has 0 bridgehead atoms. The van der Waals surface area contributed by atoms with Gasteiger partial charge in [-0.25, -0.2) is 4.79 Å². The highest BCUT2D eigenvalue weighted by Gasteiger charge is 2.57. The lowest BCUT2D eigenvalue weighted by Gasteiger charge is -2.42. The maximum atomic E-state index is 13.9. The summed E-state index contributed by atoms with van der Waals surface area (Å²) in [5.41, 5.74) is 2.66. The summed E-state index contributed by atoms with van der Waals surface area (Å²) in [7, 11) is 3.23. The summed E-state index contributed by atoms with van der Waals surface area (Å²) in [5, 5.41) is 2.52. The van der Waals surface area contributed by atoms with E-state index in [-0.39, 0.29) is 18.5 Å². The van der Waals surface area contributed by atoms with Gasteiger partial charge in [0.05, 0.1) is 20.3 Å². The molecule has 3 aromatic carbocycles. The molecule has 194 valence electrons. The van der Waals surface area contributed by atoms with Crippen molar-refractivity contribution in [2.75, 3.05) is 40.5 Å². The van der Waals surface area contributed by atoms with Crippen LogP contribution in [0, 0.1) is 6.92 Å². The molecule has 0 aliphatic carbocycles. The van der Waals surface area contributed by atoms with Gasteiger partial charge in [-0.2, -0.15) is 0 Å². The first-order valence-electron chi connectivity index (χ1n) is 12.9. The van der Waals surface area contributed by atoms with Crippen LogP contribution in [0.2, 0.25) is 0 Å². The van der Waals surface area contributed by atoms with Crippen LogP contribution in [-0.4, -0.2) is 72.6 Å². The third kappa shape index (κ3) is 4.69. The van der Waals surface area contributed by atoms with E-state index in [2.05, 4.69) is 48.2 Å². The van der Waals surface area contributed by atoms with Crippen LogP contribution in [0.1, 0.15) is 29.5 Å². The minimum atomic E-state index is -0.821. The molecular formula is C30H35N3O4. The quantitative estimate of drug-likeness (QED) is 0.422. The number of carbonyl (C=O) groups excluding carboxylic acids is 2. The number of benzene rings is 3. The van der Waals surface area contributed by atoms with E-state index in [1.54, 1.807) is 19.1 Å². The normalized spacial score (nSPS) is 17.8. The molecule has 7 heteroatoms. The molecule has 37 heavy (non-hydrogen) atoms. The number of nitrogens with zero attached hydrogens (tertiary/aromatic N) is 3. The van der Waals surface area contributed by atoms with Crippen LogP contribution in [0.5, 0.6) is 5.75 Å². The largest absolute Gasteiger partial charge is 0.497 e. The number of likely N-dealkylation sites (tertiary alicyclic amines) is 1. The van der Waals surface area contributed by atoms with Crippen LogP contribution in [0.15, 0.2) is 60.7 Å². The lowest BCUT2D eigenvalue weighted by molar-refractivity contribution is -0.136. The summed E-state index contributed by atoms with van der Waals surface area (Å²) in [6.45, 7) is 5.52. The molecule has 7 nitrogen and oxygen atoms in total. The fourth-order valence-corrected chi connectivity index (χ4v) is 5.81. The summed E-state index contributed by atoms with van der Waals surface area (Å²) in [6, 6.07) is 20.2. The molecule has 2 aliphatic heterocycles. The summed E-state index contributed by atoms with van der Waals surface area (Å²) >= 11 is 0. The molecule has 2 fully saturated rings. The zero-order chi connectivity index (χ0) is 26.0. The summed E-state index contributed by atoms with van der Waals surface area (Å²) < 4.78 is 10.6. The molecule has 5 rings (SSSR count). The van der Waals surface area contributed by atoms with Crippen molar-refractivity contribution in [3.05, 3.63) is 77.4 Å².